The van der Waals surface area contributed by atoms with E-state index in [1.165, 1.54) is 6.42 Å². The normalized spacial score (nSPS) is 17.2. The largest absolute Gasteiger partial charge is 0.340 e. The first kappa shape index (κ1) is 18.4. The third kappa shape index (κ3) is 8.42. The molecule has 1 rings (SSSR count). The van der Waals surface area contributed by atoms with Crippen molar-refractivity contribution in [3.05, 3.63) is 0 Å². The maximum Gasteiger partial charge on any atom is 0.222 e. The highest BCUT2D eigenvalue weighted by Gasteiger charge is 2.21. The average Bonchev–Trinajstić information content (AvgIpc) is 2.44. The molecule has 4 nitrogen and oxygen atoms in total. The lowest BCUT2D eigenvalue weighted by Crippen LogP contribution is -2.49. The van der Waals surface area contributed by atoms with Crippen LogP contribution in [-0.2, 0) is 4.79 Å². The molecule has 1 fully saturated rings. The Kier molecular flexibility index (Phi) is 8.27. The molecule has 0 radical (unpaired) electrons. The van der Waals surface area contributed by atoms with Gasteiger partial charge in [0, 0.05) is 32.6 Å². The molecule has 0 bridgehead atoms. The molecule has 0 aromatic heterocycles. The maximum atomic E-state index is 12.1. The predicted octanol–water partition coefficient (Wildman–Crippen LogP) is 2.48. The third-order valence-corrected chi connectivity index (χ3v) is 4.25. The summed E-state index contributed by atoms with van der Waals surface area (Å²) in [6, 6.07) is 0. The molecule has 124 valence electrons. The summed E-state index contributed by atoms with van der Waals surface area (Å²) in [6.45, 7) is 12.7. The first-order valence-electron chi connectivity index (χ1n) is 8.62. The topological polar surface area (TPSA) is 49.6 Å². The van der Waals surface area contributed by atoms with Gasteiger partial charge in [-0.25, -0.2) is 0 Å². The number of carbonyl (C=O) groups is 1. The zero-order chi connectivity index (χ0) is 15.7. The van der Waals surface area contributed by atoms with Crippen LogP contribution >= 0.6 is 0 Å². The summed E-state index contributed by atoms with van der Waals surface area (Å²) in [6.07, 6.45) is 6.33. The second-order valence-corrected chi connectivity index (χ2v) is 7.49. The van der Waals surface area contributed by atoms with Crippen molar-refractivity contribution in [3.8, 4) is 0 Å². The fourth-order valence-electron chi connectivity index (χ4n) is 2.65. The van der Waals surface area contributed by atoms with E-state index < -0.39 is 0 Å². The molecule has 0 spiro atoms. The van der Waals surface area contributed by atoms with E-state index in [0.717, 1.165) is 65.0 Å². The summed E-state index contributed by atoms with van der Waals surface area (Å²) in [4.78, 5) is 16.7. The quantitative estimate of drug-likeness (QED) is 0.700. The summed E-state index contributed by atoms with van der Waals surface area (Å²) >= 11 is 0. The number of hydrogen-bond donors (Lipinski definition) is 1. The first-order chi connectivity index (χ1) is 9.92. The van der Waals surface area contributed by atoms with Gasteiger partial charge in [0.05, 0.1) is 0 Å². The van der Waals surface area contributed by atoms with Crippen molar-refractivity contribution in [3.63, 3.8) is 0 Å². The van der Waals surface area contributed by atoms with Crippen LogP contribution in [0.4, 0.5) is 0 Å². The van der Waals surface area contributed by atoms with Gasteiger partial charge >= 0.3 is 0 Å². The summed E-state index contributed by atoms with van der Waals surface area (Å²) in [5, 5.41) is 0. The first-order valence-corrected chi connectivity index (χ1v) is 8.62. The minimum Gasteiger partial charge on any atom is -0.340 e. The lowest BCUT2D eigenvalue weighted by molar-refractivity contribution is -0.133. The molecular formula is C17H35N3O. The molecule has 0 aromatic rings. The second kappa shape index (κ2) is 9.42. The van der Waals surface area contributed by atoms with Crippen LogP contribution in [0.2, 0.25) is 0 Å². The van der Waals surface area contributed by atoms with Crippen molar-refractivity contribution >= 4 is 5.91 Å². The predicted molar refractivity (Wildman–Crippen MR) is 89.2 cm³/mol. The number of amides is 1. The van der Waals surface area contributed by atoms with Crippen molar-refractivity contribution in [2.24, 2.45) is 11.1 Å². The Hall–Kier alpha value is -0.610. The SMILES string of the molecule is CC(C)(C)CCN1CCN(C(=O)CCCCCCN)CC1. The van der Waals surface area contributed by atoms with E-state index in [-0.39, 0.29) is 0 Å². The molecule has 0 unspecified atom stereocenters. The minimum atomic E-state index is 0.346. The van der Waals surface area contributed by atoms with Gasteiger partial charge in [-0.15, -0.1) is 0 Å². The third-order valence-electron chi connectivity index (χ3n) is 4.25. The Morgan fingerprint density at radius 3 is 2.19 bits per heavy atom. The number of unbranched alkanes of at least 4 members (excludes halogenated alkanes) is 3. The smallest absolute Gasteiger partial charge is 0.222 e. The fourth-order valence-corrected chi connectivity index (χ4v) is 2.65. The number of carbonyl (C=O) groups excluding carboxylic acids is 1. The molecule has 1 aliphatic rings. The molecule has 1 aliphatic heterocycles. The summed E-state index contributed by atoms with van der Waals surface area (Å²) in [7, 11) is 0. The molecule has 4 heteroatoms. The summed E-state index contributed by atoms with van der Waals surface area (Å²) in [5.41, 5.74) is 5.87. The van der Waals surface area contributed by atoms with Gasteiger partial charge in [0.25, 0.3) is 0 Å². The van der Waals surface area contributed by atoms with Crippen LogP contribution in [0.3, 0.4) is 0 Å². The summed E-state index contributed by atoms with van der Waals surface area (Å²) < 4.78 is 0. The molecule has 1 saturated heterocycles. The Morgan fingerprint density at radius 1 is 1.00 bits per heavy atom. The average molecular weight is 297 g/mol. The lowest BCUT2D eigenvalue weighted by atomic mass is 9.92. The highest BCUT2D eigenvalue weighted by atomic mass is 16.2. The van der Waals surface area contributed by atoms with Crippen molar-refractivity contribution in [2.75, 3.05) is 39.3 Å². The van der Waals surface area contributed by atoms with E-state index in [4.69, 9.17) is 5.73 Å². The van der Waals surface area contributed by atoms with Crippen LogP contribution in [0.5, 0.6) is 0 Å². The zero-order valence-electron chi connectivity index (χ0n) is 14.4. The maximum absolute atomic E-state index is 12.1. The molecule has 0 aromatic carbocycles. The molecule has 1 amide bonds. The number of piperazine rings is 1. The van der Waals surface area contributed by atoms with E-state index in [1.54, 1.807) is 0 Å². The van der Waals surface area contributed by atoms with Crippen molar-refractivity contribution in [2.45, 2.75) is 59.3 Å². The van der Waals surface area contributed by atoms with Crippen molar-refractivity contribution < 1.29 is 4.79 Å². The molecule has 1 heterocycles. The van der Waals surface area contributed by atoms with E-state index in [0.29, 0.717) is 17.7 Å². The Balaban J connectivity index is 2.13. The van der Waals surface area contributed by atoms with Crippen LogP contribution in [0.15, 0.2) is 0 Å². The number of hydrogen-bond acceptors (Lipinski definition) is 3. The highest BCUT2D eigenvalue weighted by Crippen LogP contribution is 2.19. The van der Waals surface area contributed by atoms with Gasteiger partial charge in [0.15, 0.2) is 0 Å². The molecule has 2 N–H and O–H groups in total. The second-order valence-electron chi connectivity index (χ2n) is 7.49. The van der Waals surface area contributed by atoms with Gasteiger partial charge in [-0.05, 0) is 37.8 Å². The Bertz CT molecular complexity index is 291. The lowest BCUT2D eigenvalue weighted by Gasteiger charge is -2.36. The van der Waals surface area contributed by atoms with Gasteiger partial charge in [-0.2, -0.15) is 0 Å². The van der Waals surface area contributed by atoms with Gasteiger partial charge in [0.2, 0.25) is 5.91 Å². The van der Waals surface area contributed by atoms with Gasteiger partial charge in [0.1, 0.15) is 0 Å². The van der Waals surface area contributed by atoms with Crippen molar-refractivity contribution in [1.29, 1.82) is 0 Å². The molecule has 21 heavy (non-hydrogen) atoms. The molecule has 0 atom stereocenters. The zero-order valence-corrected chi connectivity index (χ0v) is 14.4. The fraction of sp³-hybridized carbons (Fsp3) is 0.941. The van der Waals surface area contributed by atoms with Gasteiger partial charge < -0.3 is 10.6 Å². The van der Waals surface area contributed by atoms with Crippen LogP contribution in [-0.4, -0.2) is 55.0 Å². The number of rotatable bonds is 8. The van der Waals surface area contributed by atoms with E-state index in [1.807, 2.05) is 0 Å². The van der Waals surface area contributed by atoms with Crippen LogP contribution in [0.1, 0.15) is 59.3 Å². The Morgan fingerprint density at radius 2 is 1.62 bits per heavy atom. The van der Waals surface area contributed by atoms with Crippen LogP contribution in [0, 0.1) is 5.41 Å². The standard InChI is InChI=1S/C17H35N3O/c1-17(2,3)9-11-19-12-14-20(15-13-19)16(21)8-6-4-5-7-10-18/h4-15,18H2,1-3H3. The van der Waals surface area contributed by atoms with Crippen LogP contribution in [0.25, 0.3) is 0 Å². The van der Waals surface area contributed by atoms with E-state index in [2.05, 4.69) is 30.6 Å². The van der Waals surface area contributed by atoms with Crippen LogP contribution < -0.4 is 5.73 Å². The molecule has 0 aliphatic carbocycles. The number of nitrogens with two attached hydrogens (primary N) is 1. The highest BCUT2D eigenvalue weighted by molar-refractivity contribution is 5.76. The minimum absolute atomic E-state index is 0.346. The monoisotopic (exact) mass is 297 g/mol. The van der Waals surface area contributed by atoms with Gasteiger partial charge in [-0.1, -0.05) is 33.6 Å². The van der Waals surface area contributed by atoms with Crippen molar-refractivity contribution in [1.82, 2.24) is 9.80 Å². The molecular weight excluding hydrogens is 262 g/mol. The number of nitrogens with zero attached hydrogens (tertiary/aromatic N) is 2. The molecule has 0 saturated carbocycles. The van der Waals surface area contributed by atoms with E-state index >= 15 is 0 Å². The van der Waals surface area contributed by atoms with Gasteiger partial charge in [-0.3, -0.25) is 9.69 Å². The Labute approximate surface area is 131 Å². The summed E-state index contributed by atoms with van der Waals surface area (Å²) in [5.74, 6) is 0.346. The van der Waals surface area contributed by atoms with E-state index in [9.17, 15) is 4.79 Å².